The van der Waals surface area contributed by atoms with Crippen LogP contribution in [0.3, 0.4) is 0 Å². The minimum atomic E-state index is -0.166. The first-order valence-electron chi connectivity index (χ1n) is 5.25. The second kappa shape index (κ2) is 4.66. The first-order chi connectivity index (χ1) is 8.47. The molecule has 0 amide bonds. The van der Waals surface area contributed by atoms with E-state index in [1.807, 2.05) is 0 Å². The smallest absolute Gasteiger partial charge is 0.180 e. The Hall–Kier alpha value is -2.07. The average Bonchev–Trinajstić information content (AvgIpc) is 2.29. The molecule has 0 aliphatic heterocycles. The molecule has 0 saturated heterocycles. The quantitative estimate of drug-likeness (QED) is 0.464. The van der Waals surface area contributed by atoms with Crippen molar-refractivity contribution in [2.45, 2.75) is 6.92 Å². The highest BCUT2D eigenvalue weighted by atomic mass is 35.5. The summed E-state index contributed by atoms with van der Waals surface area (Å²) in [6.45, 7) is 1.80. The maximum absolute atomic E-state index is 11.1. The lowest BCUT2D eigenvalue weighted by Gasteiger charge is -2.08. The van der Waals surface area contributed by atoms with Crippen LogP contribution in [-0.2, 0) is 4.79 Å². The molecule has 0 fully saturated rings. The standard InChI is InChI=1S/C13H11ClN2O2/c1-7-4-13(18)10(15)6-12(7)16-11-3-2-8(17)5-9(11)14/h2-6,18H,15H2,1H3. The van der Waals surface area contributed by atoms with Crippen molar-refractivity contribution < 1.29 is 9.90 Å². The van der Waals surface area contributed by atoms with Gasteiger partial charge in [-0.05, 0) is 36.8 Å². The SMILES string of the molecule is Cc1cc(O)c(N)cc1N=C1C=CC(=O)C=C1Cl. The fourth-order valence-corrected chi connectivity index (χ4v) is 1.74. The van der Waals surface area contributed by atoms with E-state index in [2.05, 4.69) is 4.99 Å². The van der Waals surface area contributed by atoms with Gasteiger partial charge in [-0.25, -0.2) is 4.99 Å². The van der Waals surface area contributed by atoms with Crippen molar-refractivity contribution in [1.82, 2.24) is 0 Å². The number of halogens is 1. The molecule has 4 nitrogen and oxygen atoms in total. The Morgan fingerprint density at radius 1 is 1.33 bits per heavy atom. The van der Waals surface area contributed by atoms with E-state index in [0.717, 1.165) is 5.56 Å². The van der Waals surface area contributed by atoms with Gasteiger partial charge in [-0.3, -0.25) is 4.79 Å². The summed E-state index contributed by atoms with van der Waals surface area (Å²) in [6, 6.07) is 3.09. The van der Waals surface area contributed by atoms with Crippen LogP contribution in [0.15, 0.2) is 40.4 Å². The van der Waals surface area contributed by atoms with Gasteiger partial charge in [0, 0.05) is 6.08 Å². The van der Waals surface area contributed by atoms with E-state index in [4.69, 9.17) is 17.3 Å². The van der Waals surface area contributed by atoms with Crippen LogP contribution in [0, 0.1) is 6.92 Å². The molecule has 0 bridgehead atoms. The highest BCUT2D eigenvalue weighted by Crippen LogP contribution is 2.30. The Balaban J connectivity index is 2.46. The number of ketones is 1. The number of carbonyl (C=O) groups is 1. The Labute approximate surface area is 109 Å². The molecule has 0 aromatic heterocycles. The summed E-state index contributed by atoms with van der Waals surface area (Å²) in [6.07, 6.45) is 4.25. The average molecular weight is 263 g/mol. The predicted octanol–water partition coefficient (Wildman–Crippen LogP) is 2.62. The molecule has 0 spiro atoms. The van der Waals surface area contributed by atoms with Gasteiger partial charge in [0.25, 0.3) is 0 Å². The van der Waals surface area contributed by atoms with Crippen molar-refractivity contribution in [3.63, 3.8) is 0 Å². The molecule has 1 aromatic carbocycles. The summed E-state index contributed by atoms with van der Waals surface area (Å²) in [7, 11) is 0. The lowest BCUT2D eigenvalue weighted by molar-refractivity contribution is -0.110. The maximum Gasteiger partial charge on any atom is 0.180 e. The number of allylic oxidation sites excluding steroid dienone is 4. The summed E-state index contributed by atoms with van der Waals surface area (Å²) in [5, 5.41) is 9.73. The minimum absolute atomic E-state index is 0.0208. The van der Waals surface area contributed by atoms with Crippen molar-refractivity contribution in [2.75, 3.05) is 5.73 Å². The number of nitrogens with zero attached hydrogens (tertiary/aromatic N) is 1. The van der Waals surface area contributed by atoms with Gasteiger partial charge in [0.05, 0.1) is 22.1 Å². The predicted molar refractivity (Wildman–Crippen MR) is 72.4 cm³/mol. The number of aryl methyl sites for hydroxylation is 1. The summed E-state index contributed by atoms with van der Waals surface area (Å²) >= 11 is 5.93. The summed E-state index contributed by atoms with van der Waals surface area (Å²) < 4.78 is 0. The van der Waals surface area contributed by atoms with Crippen LogP contribution in [0.2, 0.25) is 0 Å². The number of hydrogen-bond donors (Lipinski definition) is 2. The van der Waals surface area contributed by atoms with Crippen molar-refractivity contribution in [2.24, 2.45) is 4.99 Å². The van der Waals surface area contributed by atoms with Crippen molar-refractivity contribution in [1.29, 1.82) is 0 Å². The molecule has 0 heterocycles. The van der Waals surface area contributed by atoms with Gasteiger partial charge < -0.3 is 10.8 Å². The third kappa shape index (κ3) is 2.43. The van der Waals surface area contributed by atoms with Gasteiger partial charge in [-0.2, -0.15) is 0 Å². The second-order valence-corrected chi connectivity index (χ2v) is 4.33. The maximum atomic E-state index is 11.1. The number of phenolic OH excluding ortho intramolecular Hbond substituents is 1. The van der Waals surface area contributed by atoms with Crippen LogP contribution in [0.5, 0.6) is 5.75 Å². The molecule has 0 unspecified atom stereocenters. The van der Waals surface area contributed by atoms with Crippen molar-refractivity contribution in [3.8, 4) is 5.75 Å². The third-order valence-electron chi connectivity index (χ3n) is 2.51. The number of benzene rings is 1. The van der Waals surface area contributed by atoms with E-state index >= 15 is 0 Å². The van der Waals surface area contributed by atoms with Gasteiger partial charge >= 0.3 is 0 Å². The van der Waals surface area contributed by atoms with Gasteiger partial charge in [0.2, 0.25) is 0 Å². The zero-order valence-corrected chi connectivity index (χ0v) is 10.4. The molecule has 0 saturated carbocycles. The minimum Gasteiger partial charge on any atom is -0.506 e. The monoisotopic (exact) mass is 262 g/mol. The number of aliphatic imine (C=N–C) groups is 1. The summed E-state index contributed by atoms with van der Waals surface area (Å²) in [5.41, 5.74) is 7.72. The van der Waals surface area contributed by atoms with Crippen molar-refractivity contribution in [3.05, 3.63) is 41.0 Å². The molecule has 3 N–H and O–H groups in total. The highest BCUT2D eigenvalue weighted by Gasteiger charge is 2.10. The van der Waals surface area contributed by atoms with Gasteiger partial charge in [0.1, 0.15) is 5.75 Å². The van der Waals surface area contributed by atoms with Crippen LogP contribution in [0.4, 0.5) is 11.4 Å². The van der Waals surface area contributed by atoms with E-state index in [1.54, 1.807) is 19.1 Å². The first kappa shape index (κ1) is 12.4. The van der Waals surface area contributed by atoms with E-state index in [9.17, 15) is 9.90 Å². The molecule has 0 radical (unpaired) electrons. The molecule has 2 rings (SSSR count). The molecule has 5 heteroatoms. The zero-order chi connectivity index (χ0) is 13.3. The van der Waals surface area contributed by atoms with E-state index in [0.29, 0.717) is 11.4 Å². The Bertz CT molecular complexity index is 616. The van der Waals surface area contributed by atoms with Gasteiger partial charge in [0.15, 0.2) is 5.78 Å². The number of rotatable bonds is 1. The normalized spacial score (nSPS) is 17.1. The first-order valence-corrected chi connectivity index (χ1v) is 5.62. The number of anilines is 1. The molecular weight excluding hydrogens is 252 g/mol. The van der Waals surface area contributed by atoms with Crippen molar-refractivity contribution >= 4 is 34.5 Å². The number of nitrogens with two attached hydrogens (primary N) is 1. The Morgan fingerprint density at radius 3 is 2.72 bits per heavy atom. The molecular formula is C13H11ClN2O2. The van der Waals surface area contributed by atoms with Crippen LogP contribution in [-0.4, -0.2) is 16.6 Å². The number of aromatic hydroxyl groups is 1. The Morgan fingerprint density at radius 2 is 2.06 bits per heavy atom. The zero-order valence-electron chi connectivity index (χ0n) is 9.64. The van der Waals surface area contributed by atoms with E-state index < -0.39 is 0 Å². The third-order valence-corrected chi connectivity index (χ3v) is 2.81. The number of phenols is 1. The van der Waals surface area contributed by atoms with Gasteiger partial charge in [-0.15, -0.1) is 0 Å². The summed E-state index contributed by atoms with van der Waals surface area (Å²) in [4.78, 5) is 15.4. The largest absolute Gasteiger partial charge is 0.506 e. The molecule has 1 aliphatic rings. The number of hydrogen-bond acceptors (Lipinski definition) is 4. The van der Waals surface area contributed by atoms with Gasteiger partial charge in [-0.1, -0.05) is 11.6 Å². The van der Waals surface area contributed by atoms with Crippen LogP contribution in [0.25, 0.3) is 0 Å². The lowest BCUT2D eigenvalue weighted by atomic mass is 10.1. The van der Waals surface area contributed by atoms with Crippen LogP contribution in [0.1, 0.15) is 5.56 Å². The lowest BCUT2D eigenvalue weighted by Crippen LogP contribution is -2.03. The molecule has 18 heavy (non-hydrogen) atoms. The van der Waals surface area contributed by atoms with E-state index in [1.165, 1.54) is 18.2 Å². The molecule has 1 aromatic rings. The van der Waals surface area contributed by atoms with E-state index in [-0.39, 0.29) is 22.3 Å². The molecule has 1 aliphatic carbocycles. The summed E-state index contributed by atoms with van der Waals surface area (Å²) in [5.74, 6) is -0.145. The topological polar surface area (TPSA) is 75.7 Å². The number of carbonyl (C=O) groups excluding carboxylic acids is 1. The van der Waals surface area contributed by atoms with Crippen LogP contribution >= 0.6 is 11.6 Å². The fourth-order valence-electron chi connectivity index (χ4n) is 1.53. The number of nitrogen functional groups attached to an aromatic ring is 1. The second-order valence-electron chi connectivity index (χ2n) is 3.92. The highest BCUT2D eigenvalue weighted by molar-refractivity contribution is 6.48. The van der Waals surface area contributed by atoms with Crippen LogP contribution < -0.4 is 5.73 Å². The fraction of sp³-hybridized carbons (Fsp3) is 0.0769. The molecule has 0 atom stereocenters. The Kier molecular flexibility index (Phi) is 3.21. The molecule has 92 valence electrons.